The number of hydrogen-bond donors (Lipinski definition) is 1. The van der Waals surface area contributed by atoms with E-state index in [2.05, 4.69) is 0 Å². The van der Waals surface area contributed by atoms with Crippen molar-refractivity contribution in [3.05, 3.63) is 35.9 Å². The summed E-state index contributed by atoms with van der Waals surface area (Å²) in [4.78, 5) is 25.4. The van der Waals surface area contributed by atoms with Gasteiger partial charge in [-0.3, -0.25) is 4.79 Å². The monoisotopic (exact) mass is 289 g/mol. The molecule has 0 bridgehead atoms. The van der Waals surface area contributed by atoms with Gasteiger partial charge in [-0.05, 0) is 31.2 Å². The highest BCUT2D eigenvalue weighted by atomic mass is 16.5. The maximum atomic E-state index is 12.6. The lowest BCUT2D eigenvalue weighted by Crippen LogP contribution is -2.39. The van der Waals surface area contributed by atoms with Gasteiger partial charge in [0.25, 0.3) is 5.91 Å². The van der Waals surface area contributed by atoms with Crippen LogP contribution in [0.4, 0.5) is 0 Å². The molecule has 0 aliphatic carbocycles. The van der Waals surface area contributed by atoms with Crippen LogP contribution in [0.1, 0.15) is 37.3 Å². The highest BCUT2D eigenvalue weighted by Crippen LogP contribution is 2.34. The number of benzene rings is 1. The van der Waals surface area contributed by atoms with Gasteiger partial charge in [-0.15, -0.1) is 0 Å². The van der Waals surface area contributed by atoms with Gasteiger partial charge in [0.05, 0.1) is 6.04 Å². The van der Waals surface area contributed by atoms with Crippen LogP contribution in [0.15, 0.2) is 30.3 Å². The van der Waals surface area contributed by atoms with E-state index in [0.29, 0.717) is 12.8 Å². The minimum absolute atomic E-state index is 0.0647. The van der Waals surface area contributed by atoms with E-state index in [1.807, 2.05) is 35.2 Å². The number of ether oxygens (including phenoxy) is 1. The number of likely N-dealkylation sites (tertiary alicyclic amines) is 1. The first-order valence-electron chi connectivity index (χ1n) is 7.40. The van der Waals surface area contributed by atoms with E-state index in [4.69, 9.17) is 9.84 Å². The predicted octanol–water partition coefficient (Wildman–Crippen LogP) is 1.98. The summed E-state index contributed by atoms with van der Waals surface area (Å²) < 4.78 is 5.39. The molecule has 3 atom stereocenters. The number of hydrogen-bond acceptors (Lipinski definition) is 3. The Balaban J connectivity index is 1.71. The van der Waals surface area contributed by atoms with Crippen LogP contribution in [0.25, 0.3) is 0 Å². The summed E-state index contributed by atoms with van der Waals surface area (Å²) in [5.41, 5.74) is 1.14. The fourth-order valence-electron chi connectivity index (χ4n) is 3.24. The Labute approximate surface area is 123 Å². The van der Waals surface area contributed by atoms with Crippen molar-refractivity contribution in [2.45, 2.75) is 43.9 Å². The molecule has 5 nitrogen and oxygen atoms in total. The summed E-state index contributed by atoms with van der Waals surface area (Å²) in [6.45, 7) is 0.718. The zero-order valence-corrected chi connectivity index (χ0v) is 11.8. The molecule has 5 heteroatoms. The molecule has 0 saturated carbocycles. The number of carbonyl (C=O) groups excluding carboxylic acids is 1. The molecule has 2 aliphatic rings. The molecule has 1 amide bonds. The van der Waals surface area contributed by atoms with Crippen molar-refractivity contribution in [1.82, 2.24) is 4.90 Å². The van der Waals surface area contributed by atoms with Crippen LogP contribution in [0.2, 0.25) is 0 Å². The van der Waals surface area contributed by atoms with E-state index in [-0.39, 0.29) is 11.9 Å². The Morgan fingerprint density at radius 2 is 1.81 bits per heavy atom. The van der Waals surface area contributed by atoms with Gasteiger partial charge >= 0.3 is 5.97 Å². The SMILES string of the molecule is O=C(O)C1CCC(C(=O)N2CCCC2c2ccccc2)O1. The molecule has 2 aliphatic heterocycles. The molecule has 2 saturated heterocycles. The number of nitrogens with zero attached hydrogens (tertiary/aromatic N) is 1. The first-order chi connectivity index (χ1) is 10.2. The number of carboxylic acid groups (broad SMARTS) is 1. The third-order valence-corrected chi connectivity index (χ3v) is 4.29. The Morgan fingerprint density at radius 3 is 2.48 bits per heavy atom. The van der Waals surface area contributed by atoms with Gasteiger partial charge < -0.3 is 14.7 Å². The van der Waals surface area contributed by atoms with Crippen LogP contribution >= 0.6 is 0 Å². The molecule has 0 radical (unpaired) electrons. The maximum absolute atomic E-state index is 12.6. The Bertz CT molecular complexity index is 530. The van der Waals surface area contributed by atoms with E-state index >= 15 is 0 Å². The van der Waals surface area contributed by atoms with Gasteiger partial charge in [0.15, 0.2) is 6.10 Å². The molecule has 2 fully saturated rings. The molecule has 0 spiro atoms. The largest absolute Gasteiger partial charge is 0.479 e. The Kier molecular flexibility index (Phi) is 3.92. The van der Waals surface area contributed by atoms with Gasteiger partial charge in [-0.1, -0.05) is 30.3 Å². The summed E-state index contributed by atoms with van der Waals surface area (Å²) in [5, 5.41) is 8.96. The normalized spacial score (nSPS) is 28.8. The molecular formula is C16H19NO4. The van der Waals surface area contributed by atoms with E-state index in [0.717, 1.165) is 24.9 Å². The topological polar surface area (TPSA) is 66.8 Å². The van der Waals surface area contributed by atoms with E-state index < -0.39 is 18.2 Å². The van der Waals surface area contributed by atoms with Crippen molar-refractivity contribution in [3.8, 4) is 0 Å². The second-order valence-electron chi connectivity index (χ2n) is 5.63. The molecule has 1 aromatic carbocycles. The molecule has 1 aromatic rings. The molecule has 1 N–H and O–H groups in total. The van der Waals surface area contributed by atoms with Crippen molar-refractivity contribution in [1.29, 1.82) is 0 Å². The standard InChI is InChI=1S/C16H19NO4/c18-15(13-8-9-14(21-13)16(19)20)17-10-4-7-12(17)11-5-2-1-3-6-11/h1-3,5-6,12-14H,4,7-10H2,(H,19,20). The molecule has 112 valence electrons. The van der Waals surface area contributed by atoms with Gasteiger partial charge in [0.1, 0.15) is 6.10 Å². The van der Waals surface area contributed by atoms with Crippen molar-refractivity contribution < 1.29 is 19.4 Å². The maximum Gasteiger partial charge on any atom is 0.332 e. The van der Waals surface area contributed by atoms with Crippen molar-refractivity contribution in [3.63, 3.8) is 0 Å². The minimum atomic E-state index is -0.980. The van der Waals surface area contributed by atoms with Crippen molar-refractivity contribution in [2.24, 2.45) is 0 Å². The summed E-state index contributed by atoms with van der Waals surface area (Å²) >= 11 is 0. The highest BCUT2D eigenvalue weighted by Gasteiger charge is 2.40. The van der Waals surface area contributed by atoms with Crippen LogP contribution < -0.4 is 0 Å². The lowest BCUT2D eigenvalue weighted by molar-refractivity contribution is -0.155. The fraction of sp³-hybridized carbons (Fsp3) is 0.500. The molecule has 3 rings (SSSR count). The van der Waals surface area contributed by atoms with Crippen molar-refractivity contribution in [2.75, 3.05) is 6.54 Å². The van der Waals surface area contributed by atoms with Gasteiger partial charge in [0.2, 0.25) is 0 Å². The number of carboxylic acids is 1. The third-order valence-electron chi connectivity index (χ3n) is 4.29. The summed E-state index contributed by atoms with van der Waals surface area (Å²) in [6, 6.07) is 10.1. The van der Waals surface area contributed by atoms with Crippen LogP contribution in [0.3, 0.4) is 0 Å². The van der Waals surface area contributed by atoms with Crippen LogP contribution in [-0.2, 0) is 14.3 Å². The second-order valence-corrected chi connectivity index (χ2v) is 5.63. The van der Waals surface area contributed by atoms with Gasteiger partial charge in [-0.25, -0.2) is 4.79 Å². The Morgan fingerprint density at radius 1 is 1.10 bits per heavy atom. The molecule has 2 heterocycles. The summed E-state index contributed by atoms with van der Waals surface area (Å²) in [6.07, 6.45) is 1.39. The number of rotatable bonds is 3. The average molecular weight is 289 g/mol. The summed E-state index contributed by atoms with van der Waals surface area (Å²) in [5.74, 6) is -1.04. The van der Waals surface area contributed by atoms with E-state index in [9.17, 15) is 9.59 Å². The summed E-state index contributed by atoms with van der Waals surface area (Å²) in [7, 11) is 0. The molecule has 0 aromatic heterocycles. The fourth-order valence-corrected chi connectivity index (χ4v) is 3.24. The highest BCUT2D eigenvalue weighted by molar-refractivity contribution is 5.83. The third kappa shape index (κ3) is 2.78. The van der Waals surface area contributed by atoms with Crippen LogP contribution in [0, 0.1) is 0 Å². The van der Waals surface area contributed by atoms with E-state index in [1.165, 1.54) is 0 Å². The number of carbonyl (C=O) groups is 2. The average Bonchev–Trinajstić information content (AvgIpc) is 3.17. The van der Waals surface area contributed by atoms with Crippen molar-refractivity contribution >= 4 is 11.9 Å². The lowest BCUT2D eigenvalue weighted by atomic mass is 10.0. The molecule has 21 heavy (non-hydrogen) atoms. The smallest absolute Gasteiger partial charge is 0.332 e. The zero-order chi connectivity index (χ0) is 14.8. The second kappa shape index (κ2) is 5.85. The van der Waals surface area contributed by atoms with Gasteiger partial charge in [0, 0.05) is 6.54 Å². The Hall–Kier alpha value is -1.88. The predicted molar refractivity (Wildman–Crippen MR) is 75.7 cm³/mol. The van der Waals surface area contributed by atoms with E-state index in [1.54, 1.807) is 0 Å². The quantitative estimate of drug-likeness (QED) is 0.924. The minimum Gasteiger partial charge on any atom is -0.479 e. The molecular weight excluding hydrogens is 270 g/mol. The first kappa shape index (κ1) is 14.1. The van der Waals surface area contributed by atoms with Crippen LogP contribution in [-0.4, -0.2) is 40.6 Å². The first-order valence-corrected chi connectivity index (χ1v) is 7.40. The zero-order valence-electron chi connectivity index (χ0n) is 11.8. The van der Waals surface area contributed by atoms with Gasteiger partial charge in [-0.2, -0.15) is 0 Å². The molecule has 3 unspecified atom stereocenters. The number of amides is 1. The number of aliphatic carboxylic acids is 1. The lowest BCUT2D eigenvalue weighted by Gasteiger charge is -2.27. The van der Waals surface area contributed by atoms with Crippen LogP contribution in [0.5, 0.6) is 0 Å².